The number of hydrogen-bond donors (Lipinski definition) is 4. The lowest BCUT2D eigenvalue weighted by atomic mass is 9.90. The highest BCUT2D eigenvalue weighted by molar-refractivity contribution is 6.03. The van der Waals surface area contributed by atoms with Crippen molar-refractivity contribution in [2.45, 2.75) is 12.5 Å². The third-order valence-corrected chi connectivity index (χ3v) is 5.72. The van der Waals surface area contributed by atoms with Crippen LogP contribution in [0.25, 0.3) is 0 Å². The van der Waals surface area contributed by atoms with E-state index in [1.54, 1.807) is 19.2 Å². The van der Waals surface area contributed by atoms with E-state index in [1.165, 1.54) is 0 Å². The first-order valence-electron chi connectivity index (χ1n) is 9.81. The number of nitrogens with one attached hydrogen (secondary N) is 3. The molecule has 1 atom stereocenters. The highest BCUT2D eigenvalue weighted by Crippen LogP contribution is 2.50. The molecule has 0 aliphatic carbocycles. The molecular weight excluding hydrogens is 402 g/mol. The molecule has 2 aromatic rings. The number of fused-ring (bicyclic) bond motifs is 2. The predicted molar refractivity (Wildman–Crippen MR) is 112 cm³/mol. The second kappa shape index (κ2) is 7.61. The highest BCUT2D eigenvalue weighted by Gasteiger charge is 2.40. The van der Waals surface area contributed by atoms with Crippen LogP contribution in [0, 0.1) is 0 Å². The number of benzene rings is 2. The predicted octanol–water partition coefficient (Wildman–Crippen LogP) is 0.399. The summed E-state index contributed by atoms with van der Waals surface area (Å²) in [7, 11) is 3.68. The maximum Gasteiger partial charge on any atom is 0.265 e. The molecule has 1 unspecified atom stereocenters. The lowest BCUT2D eigenvalue weighted by Crippen LogP contribution is -2.48. The Labute approximate surface area is 178 Å². The SMILES string of the molecule is COc1c2c(cc3c1C(C1=NNNN1c1ccc(C(=O)NN)cc1)N(C)CC3)OCO2. The number of nitrogens with zero attached hydrogens (tertiary/aromatic N) is 3. The van der Waals surface area contributed by atoms with Crippen LogP contribution in [0.2, 0.25) is 0 Å². The van der Waals surface area contributed by atoms with E-state index in [0.29, 0.717) is 22.8 Å². The van der Waals surface area contributed by atoms with Crippen molar-refractivity contribution in [1.82, 2.24) is 21.4 Å². The number of amides is 1. The van der Waals surface area contributed by atoms with Gasteiger partial charge in [-0.3, -0.25) is 15.1 Å². The number of amidine groups is 1. The molecule has 0 radical (unpaired) electrons. The summed E-state index contributed by atoms with van der Waals surface area (Å²) in [4.78, 5) is 14.0. The molecule has 11 heteroatoms. The average molecular weight is 425 g/mol. The van der Waals surface area contributed by atoms with Gasteiger partial charge in [-0.25, -0.2) is 16.4 Å². The quantitative estimate of drug-likeness (QED) is 0.313. The molecule has 3 heterocycles. The molecule has 0 fully saturated rings. The van der Waals surface area contributed by atoms with Crippen LogP contribution in [0.15, 0.2) is 35.4 Å². The van der Waals surface area contributed by atoms with Crippen molar-refractivity contribution >= 4 is 17.4 Å². The number of nitrogen functional groups attached to an aromatic ring is 1. The van der Waals surface area contributed by atoms with Gasteiger partial charge in [0.25, 0.3) is 5.91 Å². The van der Waals surface area contributed by atoms with Gasteiger partial charge in [-0.15, -0.1) is 10.6 Å². The van der Waals surface area contributed by atoms with E-state index in [0.717, 1.165) is 35.6 Å². The number of ether oxygens (including phenoxy) is 3. The van der Waals surface area contributed by atoms with Crippen LogP contribution in [-0.4, -0.2) is 44.1 Å². The Hall–Kier alpha value is -3.54. The van der Waals surface area contributed by atoms with E-state index in [1.807, 2.05) is 30.3 Å². The maximum absolute atomic E-state index is 11.8. The van der Waals surface area contributed by atoms with Gasteiger partial charge < -0.3 is 14.2 Å². The minimum absolute atomic E-state index is 0.175. The first-order chi connectivity index (χ1) is 15.1. The molecule has 0 saturated heterocycles. The standard InChI is InChI=1S/C20H23N7O4/c1-26-8-7-12-9-14-17(31-10-30-14)18(29-2)15(12)16(26)19-23-24-25-27(19)13-5-3-11(4-6-13)20(28)22-21/h3-6,9,16,24-25H,7-8,10,21H2,1-2H3,(H,22,28). The number of rotatable bonds is 4. The van der Waals surface area contributed by atoms with Crippen LogP contribution in [0.5, 0.6) is 17.2 Å². The van der Waals surface area contributed by atoms with E-state index in [9.17, 15) is 4.79 Å². The number of hydrazone groups is 1. The lowest BCUT2D eigenvalue weighted by Gasteiger charge is -2.37. The Morgan fingerprint density at radius 2 is 2.13 bits per heavy atom. The maximum atomic E-state index is 11.8. The summed E-state index contributed by atoms with van der Waals surface area (Å²) in [6.45, 7) is 1.01. The van der Waals surface area contributed by atoms with Crippen LogP contribution >= 0.6 is 0 Å². The van der Waals surface area contributed by atoms with Crippen LogP contribution < -0.4 is 41.6 Å². The summed E-state index contributed by atoms with van der Waals surface area (Å²) in [5, 5.41) is 6.36. The van der Waals surface area contributed by atoms with Gasteiger partial charge in [0.2, 0.25) is 12.5 Å². The number of hydrogen-bond acceptors (Lipinski definition) is 10. The molecule has 3 aliphatic rings. The molecule has 0 spiro atoms. The summed E-state index contributed by atoms with van der Waals surface area (Å²) in [6.07, 6.45) is 0.854. The molecular formula is C20H23N7O4. The second-order valence-corrected chi connectivity index (χ2v) is 7.40. The first kappa shape index (κ1) is 19.4. The number of anilines is 1. The summed E-state index contributed by atoms with van der Waals surface area (Å²) >= 11 is 0. The molecule has 0 saturated carbocycles. The van der Waals surface area contributed by atoms with Gasteiger partial charge in [-0.2, -0.15) is 0 Å². The van der Waals surface area contributed by atoms with Crippen molar-refractivity contribution in [1.29, 1.82) is 0 Å². The van der Waals surface area contributed by atoms with Gasteiger partial charge in [-0.05, 0) is 49.4 Å². The average Bonchev–Trinajstić information content (AvgIpc) is 3.47. The van der Waals surface area contributed by atoms with Gasteiger partial charge in [0, 0.05) is 17.7 Å². The van der Waals surface area contributed by atoms with Crippen molar-refractivity contribution < 1.29 is 19.0 Å². The minimum Gasteiger partial charge on any atom is -0.492 e. The fourth-order valence-electron chi connectivity index (χ4n) is 4.22. The van der Waals surface area contributed by atoms with Crippen LogP contribution in [0.1, 0.15) is 27.5 Å². The number of carbonyl (C=O) groups is 1. The van der Waals surface area contributed by atoms with Gasteiger partial charge in [0.05, 0.1) is 12.8 Å². The molecule has 1 amide bonds. The highest BCUT2D eigenvalue weighted by atomic mass is 16.7. The van der Waals surface area contributed by atoms with Crippen molar-refractivity contribution in [3.8, 4) is 17.2 Å². The monoisotopic (exact) mass is 425 g/mol. The largest absolute Gasteiger partial charge is 0.492 e. The Morgan fingerprint density at radius 1 is 1.32 bits per heavy atom. The number of nitrogens with two attached hydrogens (primary N) is 1. The molecule has 11 nitrogen and oxygen atoms in total. The summed E-state index contributed by atoms with van der Waals surface area (Å²) in [5.41, 5.74) is 11.4. The fourth-order valence-corrected chi connectivity index (χ4v) is 4.22. The zero-order chi connectivity index (χ0) is 21.5. The molecule has 0 aromatic heterocycles. The van der Waals surface area contributed by atoms with E-state index < -0.39 is 0 Å². The molecule has 31 heavy (non-hydrogen) atoms. The summed E-state index contributed by atoms with van der Waals surface area (Å²) in [6, 6.07) is 8.86. The zero-order valence-corrected chi connectivity index (χ0v) is 17.1. The Balaban J connectivity index is 1.55. The number of carbonyl (C=O) groups excluding carboxylic acids is 1. The number of hydrazine groups is 3. The lowest BCUT2D eigenvalue weighted by molar-refractivity contribution is 0.0953. The van der Waals surface area contributed by atoms with Crippen LogP contribution in [0.3, 0.4) is 0 Å². The number of likely N-dealkylation sites (N-methyl/N-ethyl adjacent to an activating group) is 1. The Bertz CT molecular complexity index is 1060. The Kier molecular flexibility index (Phi) is 4.77. The van der Waals surface area contributed by atoms with Gasteiger partial charge in [0.15, 0.2) is 17.3 Å². The van der Waals surface area contributed by atoms with Gasteiger partial charge in [-0.1, -0.05) is 0 Å². The van der Waals surface area contributed by atoms with Crippen molar-refractivity contribution in [2.24, 2.45) is 10.9 Å². The van der Waals surface area contributed by atoms with Gasteiger partial charge in [0.1, 0.15) is 6.04 Å². The van der Waals surface area contributed by atoms with Crippen molar-refractivity contribution in [3.05, 3.63) is 47.0 Å². The molecule has 0 bridgehead atoms. The first-order valence-corrected chi connectivity index (χ1v) is 9.81. The van der Waals surface area contributed by atoms with E-state index in [-0.39, 0.29) is 18.7 Å². The topological polar surface area (TPSA) is 126 Å². The van der Waals surface area contributed by atoms with Crippen LogP contribution in [-0.2, 0) is 6.42 Å². The normalized spacial score (nSPS) is 19.5. The third-order valence-electron chi connectivity index (χ3n) is 5.72. The number of methoxy groups -OCH3 is 1. The minimum atomic E-state index is -0.352. The summed E-state index contributed by atoms with van der Waals surface area (Å²) in [5.74, 6) is 7.58. The van der Waals surface area contributed by atoms with E-state index in [4.69, 9.17) is 20.1 Å². The smallest absolute Gasteiger partial charge is 0.265 e. The van der Waals surface area contributed by atoms with E-state index in [2.05, 4.69) is 26.5 Å². The molecule has 3 aliphatic heterocycles. The Morgan fingerprint density at radius 3 is 2.87 bits per heavy atom. The zero-order valence-electron chi connectivity index (χ0n) is 17.1. The summed E-state index contributed by atoms with van der Waals surface area (Å²) < 4.78 is 17.1. The van der Waals surface area contributed by atoms with E-state index >= 15 is 0 Å². The van der Waals surface area contributed by atoms with Crippen molar-refractivity contribution in [2.75, 3.05) is 32.5 Å². The van der Waals surface area contributed by atoms with Crippen LogP contribution in [0.4, 0.5) is 5.69 Å². The molecule has 162 valence electrons. The second-order valence-electron chi connectivity index (χ2n) is 7.40. The molecule has 2 aromatic carbocycles. The third kappa shape index (κ3) is 3.10. The molecule has 5 N–H and O–H groups in total. The fraction of sp³-hybridized carbons (Fsp3) is 0.300. The van der Waals surface area contributed by atoms with Crippen molar-refractivity contribution in [3.63, 3.8) is 0 Å². The molecule has 5 rings (SSSR count). The van der Waals surface area contributed by atoms with Gasteiger partial charge >= 0.3 is 0 Å².